The Balaban J connectivity index is 1.65. The zero-order valence-electron chi connectivity index (χ0n) is 25.7. The fraction of sp³-hybridized carbons (Fsp3) is 0.100. The molecular formula is C40H26F6N2. The SMILES string of the molecule is Cc1ccc2c(c1)c1ccccc1n2-c1cc(C(F)(F)F)cc(-n2c3ccccc3c3cc(C)ccc32)c1-c1ccccc1C(F)(F)F. The van der Waals surface area contributed by atoms with E-state index in [0.29, 0.717) is 22.1 Å². The molecule has 0 N–H and O–H groups in total. The van der Waals surface area contributed by atoms with Gasteiger partial charge in [-0.1, -0.05) is 77.9 Å². The maximum Gasteiger partial charge on any atom is 0.417 e. The molecule has 0 amide bonds. The lowest BCUT2D eigenvalue weighted by Crippen LogP contribution is -2.13. The third-order valence-corrected chi connectivity index (χ3v) is 9.06. The fourth-order valence-electron chi connectivity index (χ4n) is 7.05. The standard InChI is InChI=1S/C40H26F6N2/c1-23-15-17-34-29(19-23)26-9-4-7-13-32(26)47(34)36-21-25(39(41,42)43)22-37(38(36)28-11-3-6-12-31(28)40(44,45)46)48-33-14-8-5-10-27(33)30-20-24(2)16-18-35(30)48/h3-22H,1-2H3. The van der Waals surface area contributed by atoms with Crippen molar-refractivity contribution in [2.24, 2.45) is 0 Å². The van der Waals surface area contributed by atoms with E-state index in [2.05, 4.69) is 0 Å². The predicted molar refractivity (Wildman–Crippen MR) is 180 cm³/mol. The Kier molecular flexibility index (Phi) is 6.54. The molecule has 2 nitrogen and oxygen atoms in total. The third-order valence-electron chi connectivity index (χ3n) is 9.06. The minimum Gasteiger partial charge on any atom is -0.309 e. The number of alkyl halides is 6. The molecule has 0 atom stereocenters. The summed E-state index contributed by atoms with van der Waals surface area (Å²) in [5, 5.41) is 3.12. The van der Waals surface area contributed by atoms with Crippen LogP contribution in [0.5, 0.6) is 0 Å². The molecule has 0 aliphatic heterocycles. The van der Waals surface area contributed by atoms with Crippen molar-refractivity contribution in [1.29, 1.82) is 0 Å². The fourth-order valence-corrected chi connectivity index (χ4v) is 7.05. The first-order valence-electron chi connectivity index (χ1n) is 15.3. The van der Waals surface area contributed by atoms with Crippen molar-refractivity contribution >= 4 is 43.6 Å². The monoisotopic (exact) mass is 648 g/mol. The normalized spacial score (nSPS) is 12.6. The molecule has 2 aromatic heterocycles. The minimum atomic E-state index is -4.81. The smallest absolute Gasteiger partial charge is 0.309 e. The number of hydrogen-bond donors (Lipinski definition) is 0. The summed E-state index contributed by atoms with van der Waals surface area (Å²) in [6, 6.07) is 32.8. The van der Waals surface area contributed by atoms with Crippen LogP contribution in [0.4, 0.5) is 26.3 Å². The number of para-hydroxylation sites is 2. The highest BCUT2D eigenvalue weighted by Crippen LogP contribution is 2.48. The molecule has 8 heteroatoms. The summed E-state index contributed by atoms with van der Waals surface area (Å²) in [6.45, 7) is 3.84. The lowest BCUT2D eigenvalue weighted by molar-refractivity contribution is -0.138. The second kappa shape index (κ2) is 10.5. The van der Waals surface area contributed by atoms with Crippen LogP contribution >= 0.6 is 0 Å². The molecule has 8 aromatic rings. The molecule has 0 bridgehead atoms. The Morgan fingerprint density at radius 3 is 1.35 bits per heavy atom. The first-order valence-corrected chi connectivity index (χ1v) is 15.3. The van der Waals surface area contributed by atoms with Gasteiger partial charge in [-0.05, 0) is 74.0 Å². The molecular weight excluding hydrogens is 622 g/mol. The molecule has 0 aliphatic rings. The van der Waals surface area contributed by atoms with E-state index in [4.69, 9.17) is 0 Å². The van der Waals surface area contributed by atoms with Gasteiger partial charge in [0.15, 0.2) is 0 Å². The number of aromatic nitrogens is 2. The Labute approximate surface area is 271 Å². The molecule has 0 saturated heterocycles. The number of fused-ring (bicyclic) bond motifs is 6. The van der Waals surface area contributed by atoms with Crippen LogP contribution < -0.4 is 0 Å². The molecule has 0 radical (unpaired) electrons. The highest BCUT2D eigenvalue weighted by atomic mass is 19.4. The summed E-state index contributed by atoms with van der Waals surface area (Å²) in [7, 11) is 0. The number of aryl methyl sites for hydroxylation is 2. The lowest BCUT2D eigenvalue weighted by atomic mass is 9.93. The minimum absolute atomic E-state index is 0.00961. The van der Waals surface area contributed by atoms with Crippen LogP contribution in [-0.2, 0) is 12.4 Å². The maximum atomic E-state index is 15.0. The highest BCUT2D eigenvalue weighted by molar-refractivity contribution is 6.12. The van der Waals surface area contributed by atoms with E-state index < -0.39 is 23.5 Å². The van der Waals surface area contributed by atoms with Crippen LogP contribution in [0.2, 0.25) is 0 Å². The topological polar surface area (TPSA) is 9.86 Å². The zero-order valence-corrected chi connectivity index (χ0v) is 25.7. The van der Waals surface area contributed by atoms with E-state index in [1.54, 1.807) is 33.4 Å². The summed E-state index contributed by atoms with van der Waals surface area (Å²) >= 11 is 0. The molecule has 2 heterocycles. The van der Waals surface area contributed by atoms with Gasteiger partial charge < -0.3 is 9.13 Å². The van der Waals surface area contributed by atoms with Crippen molar-refractivity contribution in [2.75, 3.05) is 0 Å². The van der Waals surface area contributed by atoms with Crippen LogP contribution in [0.15, 0.2) is 121 Å². The molecule has 0 spiro atoms. The molecule has 0 aliphatic carbocycles. The van der Waals surface area contributed by atoms with Crippen LogP contribution in [-0.4, -0.2) is 9.13 Å². The number of benzene rings is 6. The third kappa shape index (κ3) is 4.58. The van der Waals surface area contributed by atoms with Gasteiger partial charge in [-0.25, -0.2) is 0 Å². The van der Waals surface area contributed by atoms with E-state index in [1.165, 1.54) is 18.2 Å². The molecule has 0 saturated carbocycles. The summed E-state index contributed by atoms with van der Waals surface area (Å²) in [5.74, 6) is 0. The van der Waals surface area contributed by atoms with E-state index in [-0.39, 0.29) is 22.5 Å². The van der Waals surface area contributed by atoms with E-state index in [1.807, 2.05) is 74.5 Å². The van der Waals surface area contributed by atoms with Gasteiger partial charge in [-0.2, -0.15) is 26.3 Å². The first-order chi connectivity index (χ1) is 22.9. The average Bonchev–Trinajstić information content (AvgIpc) is 3.55. The Hall–Kier alpha value is -5.50. The van der Waals surface area contributed by atoms with E-state index in [9.17, 15) is 26.3 Å². The van der Waals surface area contributed by atoms with Gasteiger partial charge in [-0.15, -0.1) is 0 Å². The van der Waals surface area contributed by atoms with Gasteiger partial charge in [0.05, 0.1) is 44.6 Å². The van der Waals surface area contributed by atoms with E-state index in [0.717, 1.165) is 50.9 Å². The molecule has 6 aromatic carbocycles. The van der Waals surface area contributed by atoms with Crippen molar-refractivity contribution in [3.05, 3.63) is 144 Å². The first kappa shape index (κ1) is 29.9. The second-order valence-corrected chi connectivity index (χ2v) is 12.2. The number of rotatable bonds is 3. The molecule has 0 unspecified atom stereocenters. The Bertz CT molecular complexity index is 2420. The van der Waals surface area contributed by atoms with Crippen molar-refractivity contribution in [2.45, 2.75) is 26.2 Å². The quantitative estimate of drug-likeness (QED) is 0.169. The zero-order chi connectivity index (χ0) is 33.5. The number of nitrogens with zero attached hydrogens (tertiary/aromatic N) is 2. The summed E-state index contributed by atoms with van der Waals surface area (Å²) in [5.41, 5.74) is 2.07. The van der Waals surface area contributed by atoms with Gasteiger partial charge in [-0.3, -0.25) is 0 Å². The second-order valence-electron chi connectivity index (χ2n) is 12.2. The van der Waals surface area contributed by atoms with Gasteiger partial charge >= 0.3 is 12.4 Å². The van der Waals surface area contributed by atoms with Crippen molar-refractivity contribution in [3.8, 4) is 22.5 Å². The van der Waals surface area contributed by atoms with Crippen LogP contribution in [0, 0.1) is 13.8 Å². The maximum absolute atomic E-state index is 15.0. The largest absolute Gasteiger partial charge is 0.417 e. The number of hydrogen-bond acceptors (Lipinski definition) is 0. The molecule has 0 fully saturated rings. The predicted octanol–water partition coefficient (Wildman–Crippen LogP) is 12.2. The molecule has 8 rings (SSSR count). The van der Waals surface area contributed by atoms with Gasteiger partial charge in [0.25, 0.3) is 0 Å². The average molecular weight is 649 g/mol. The highest BCUT2D eigenvalue weighted by Gasteiger charge is 2.38. The van der Waals surface area contributed by atoms with Crippen LogP contribution in [0.1, 0.15) is 22.3 Å². The van der Waals surface area contributed by atoms with Crippen LogP contribution in [0.3, 0.4) is 0 Å². The summed E-state index contributed by atoms with van der Waals surface area (Å²) < 4.78 is 92.9. The summed E-state index contributed by atoms with van der Waals surface area (Å²) in [4.78, 5) is 0. The van der Waals surface area contributed by atoms with E-state index >= 15 is 0 Å². The summed E-state index contributed by atoms with van der Waals surface area (Å²) in [6.07, 6.45) is -9.60. The van der Waals surface area contributed by atoms with Crippen LogP contribution in [0.25, 0.3) is 66.1 Å². The molecule has 238 valence electrons. The van der Waals surface area contributed by atoms with Crippen molar-refractivity contribution < 1.29 is 26.3 Å². The van der Waals surface area contributed by atoms with Gasteiger partial charge in [0.2, 0.25) is 0 Å². The Morgan fingerprint density at radius 2 is 0.875 bits per heavy atom. The number of halogens is 6. The molecule has 48 heavy (non-hydrogen) atoms. The van der Waals surface area contributed by atoms with Gasteiger partial charge in [0.1, 0.15) is 0 Å². The van der Waals surface area contributed by atoms with Gasteiger partial charge in [0, 0.05) is 27.1 Å². The lowest BCUT2D eigenvalue weighted by Gasteiger charge is -2.24. The van der Waals surface area contributed by atoms with Crippen molar-refractivity contribution in [3.63, 3.8) is 0 Å². The van der Waals surface area contributed by atoms with Crippen molar-refractivity contribution in [1.82, 2.24) is 9.13 Å². The Morgan fingerprint density at radius 1 is 0.438 bits per heavy atom.